The fourth-order valence-electron chi connectivity index (χ4n) is 4.84. The van der Waals surface area contributed by atoms with E-state index in [0.717, 1.165) is 22.1 Å². The average Bonchev–Trinajstić information content (AvgIpc) is 2.79. The fourth-order valence-corrected chi connectivity index (χ4v) is 4.84. The second-order valence-corrected chi connectivity index (χ2v) is 7.67. The highest BCUT2D eigenvalue weighted by Crippen LogP contribution is 2.52. The van der Waals surface area contributed by atoms with Crippen LogP contribution in [0.15, 0.2) is 88.1 Å². The first-order valence-corrected chi connectivity index (χ1v) is 9.90. The molecule has 0 saturated carbocycles. The quantitative estimate of drug-likeness (QED) is 0.289. The Morgan fingerprint density at radius 2 is 1.53 bits per heavy atom. The van der Waals surface area contributed by atoms with Crippen molar-refractivity contribution < 1.29 is 13.9 Å². The van der Waals surface area contributed by atoms with Crippen LogP contribution in [0.1, 0.15) is 28.7 Å². The van der Waals surface area contributed by atoms with Gasteiger partial charge in [-0.1, -0.05) is 66.7 Å². The Labute approximate surface area is 171 Å². The maximum absolute atomic E-state index is 13.2. The Kier molecular flexibility index (Phi) is 3.59. The molecule has 0 unspecified atom stereocenters. The van der Waals surface area contributed by atoms with Crippen molar-refractivity contribution >= 4 is 22.6 Å². The number of para-hydroxylation sites is 2. The van der Waals surface area contributed by atoms with Crippen molar-refractivity contribution in [3.63, 3.8) is 0 Å². The number of hydrogen-bond acceptors (Lipinski definition) is 5. The third-order valence-electron chi connectivity index (χ3n) is 6.08. The highest BCUT2D eigenvalue weighted by atomic mass is 16.5. The number of fused-ring (bicyclic) bond motifs is 6. The molecule has 0 amide bonds. The van der Waals surface area contributed by atoms with Crippen LogP contribution in [0.2, 0.25) is 0 Å². The molecule has 5 heteroatoms. The molecule has 2 aliphatic rings. The number of esters is 1. The Balaban J connectivity index is 1.70. The van der Waals surface area contributed by atoms with E-state index in [1.54, 1.807) is 12.1 Å². The molecule has 3 atom stereocenters. The standard InChI is InChI=1S/C25H17NO4/c27-24-21-19(14-8-2-1-3-9-14)20-15-10-4-6-12-17(15)30-25(28)23(20)26-22(21)16-11-5-7-13-18(16)29-24/h1-13,19,21-22,26H/t19-,21+,22-/m1/s1. The first kappa shape index (κ1) is 17.0. The molecule has 30 heavy (non-hydrogen) atoms. The van der Waals surface area contributed by atoms with E-state index in [-0.39, 0.29) is 17.9 Å². The van der Waals surface area contributed by atoms with Crippen LogP contribution in [-0.2, 0) is 4.79 Å². The topological polar surface area (TPSA) is 68.5 Å². The maximum atomic E-state index is 13.2. The van der Waals surface area contributed by atoms with Crippen molar-refractivity contribution in [2.24, 2.45) is 5.92 Å². The molecule has 3 heterocycles. The normalized spacial score (nSPS) is 21.7. The van der Waals surface area contributed by atoms with E-state index in [0.29, 0.717) is 17.0 Å². The SMILES string of the molecule is O=C1Oc2ccccc2[C@H]2Nc3c(c4ccccc4oc3=O)[C@@H](c3ccccc3)[C@H]12. The maximum Gasteiger partial charge on any atom is 0.360 e. The van der Waals surface area contributed by atoms with Gasteiger partial charge in [0.1, 0.15) is 17.0 Å². The van der Waals surface area contributed by atoms with E-state index in [1.807, 2.05) is 66.7 Å². The molecular weight excluding hydrogens is 378 g/mol. The van der Waals surface area contributed by atoms with Crippen molar-refractivity contribution in [2.45, 2.75) is 12.0 Å². The number of ether oxygens (including phenoxy) is 1. The summed E-state index contributed by atoms with van der Waals surface area (Å²) in [6.45, 7) is 0. The second-order valence-electron chi connectivity index (χ2n) is 7.67. The summed E-state index contributed by atoms with van der Waals surface area (Å²) < 4.78 is 11.3. The predicted octanol–water partition coefficient (Wildman–Crippen LogP) is 4.63. The van der Waals surface area contributed by atoms with Crippen molar-refractivity contribution in [3.05, 3.63) is 106 Å². The molecule has 5 nitrogen and oxygen atoms in total. The van der Waals surface area contributed by atoms with Gasteiger partial charge in [-0.2, -0.15) is 0 Å². The Hall–Kier alpha value is -3.86. The smallest absolute Gasteiger partial charge is 0.360 e. The Morgan fingerprint density at radius 3 is 2.40 bits per heavy atom. The zero-order valence-corrected chi connectivity index (χ0v) is 15.9. The van der Waals surface area contributed by atoms with Gasteiger partial charge in [-0.05, 0) is 17.7 Å². The van der Waals surface area contributed by atoms with E-state index in [2.05, 4.69) is 5.32 Å². The molecule has 0 aliphatic carbocycles. The van der Waals surface area contributed by atoms with Crippen LogP contribution in [-0.4, -0.2) is 5.97 Å². The van der Waals surface area contributed by atoms with Crippen molar-refractivity contribution in [3.8, 4) is 5.75 Å². The minimum Gasteiger partial charge on any atom is -0.426 e. The number of benzene rings is 3. The van der Waals surface area contributed by atoms with Gasteiger partial charge < -0.3 is 14.5 Å². The van der Waals surface area contributed by atoms with Gasteiger partial charge in [0, 0.05) is 22.4 Å². The van der Waals surface area contributed by atoms with E-state index in [9.17, 15) is 9.59 Å². The molecule has 1 N–H and O–H groups in total. The Bertz CT molecular complexity index is 1360. The molecule has 0 bridgehead atoms. The zero-order valence-electron chi connectivity index (χ0n) is 15.9. The predicted molar refractivity (Wildman–Crippen MR) is 113 cm³/mol. The summed E-state index contributed by atoms with van der Waals surface area (Å²) in [5.41, 5.74) is 3.09. The van der Waals surface area contributed by atoms with Gasteiger partial charge in [0.05, 0.1) is 12.0 Å². The number of nitrogens with one attached hydrogen (secondary N) is 1. The summed E-state index contributed by atoms with van der Waals surface area (Å²) in [4.78, 5) is 26.2. The van der Waals surface area contributed by atoms with Gasteiger partial charge in [-0.3, -0.25) is 4.79 Å². The van der Waals surface area contributed by atoms with Gasteiger partial charge in [0.2, 0.25) is 0 Å². The molecule has 4 aromatic rings. The first-order chi connectivity index (χ1) is 14.7. The summed E-state index contributed by atoms with van der Waals surface area (Å²) in [6, 6.07) is 24.3. The summed E-state index contributed by atoms with van der Waals surface area (Å²) in [5, 5.41) is 4.16. The molecule has 6 rings (SSSR count). The summed E-state index contributed by atoms with van der Waals surface area (Å²) in [7, 11) is 0. The molecule has 0 spiro atoms. The van der Waals surface area contributed by atoms with Crippen LogP contribution < -0.4 is 15.7 Å². The van der Waals surface area contributed by atoms with E-state index in [4.69, 9.17) is 9.15 Å². The van der Waals surface area contributed by atoms with E-state index >= 15 is 0 Å². The van der Waals surface area contributed by atoms with Crippen molar-refractivity contribution in [1.29, 1.82) is 0 Å². The number of rotatable bonds is 1. The van der Waals surface area contributed by atoms with Gasteiger partial charge in [0.25, 0.3) is 0 Å². The third kappa shape index (κ3) is 2.35. The second kappa shape index (κ2) is 6.32. The molecule has 2 aliphatic heterocycles. The van der Waals surface area contributed by atoms with E-state index in [1.165, 1.54) is 0 Å². The molecule has 0 radical (unpaired) electrons. The highest BCUT2D eigenvalue weighted by molar-refractivity contribution is 5.91. The van der Waals surface area contributed by atoms with Gasteiger partial charge in [-0.25, -0.2) is 4.79 Å². The molecule has 146 valence electrons. The monoisotopic (exact) mass is 395 g/mol. The number of anilines is 1. The minimum atomic E-state index is -0.514. The fraction of sp³-hybridized carbons (Fsp3) is 0.120. The van der Waals surface area contributed by atoms with Gasteiger partial charge >= 0.3 is 11.6 Å². The highest BCUT2D eigenvalue weighted by Gasteiger charge is 2.49. The van der Waals surface area contributed by atoms with Crippen LogP contribution >= 0.6 is 0 Å². The Morgan fingerprint density at radius 1 is 0.800 bits per heavy atom. The molecule has 0 fully saturated rings. The lowest BCUT2D eigenvalue weighted by Crippen LogP contribution is -2.43. The molecule has 0 saturated heterocycles. The largest absolute Gasteiger partial charge is 0.426 e. The van der Waals surface area contributed by atoms with Crippen molar-refractivity contribution in [2.75, 3.05) is 5.32 Å². The summed E-state index contributed by atoms with van der Waals surface area (Å²) >= 11 is 0. The summed E-state index contributed by atoms with van der Waals surface area (Å²) in [6.07, 6.45) is 0. The lowest BCUT2D eigenvalue weighted by molar-refractivity contribution is -0.141. The van der Waals surface area contributed by atoms with Crippen molar-refractivity contribution in [1.82, 2.24) is 0 Å². The number of hydrogen-bond donors (Lipinski definition) is 1. The molecule has 1 aromatic heterocycles. The molecular formula is C25H17NO4. The van der Waals surface area contributed by atoms with Gasteiger partial charge in [0.15, 0.2) is 0 Å². The molecule has 3 aromatic carbocycles. The lowest BCUT2D eigenvalue weighted by Gasteiger charge is -2.42. The lowest BCUT2D eigenvalue weighted by atomic mass is 9.70. The minimum absolute atomic E-state index is 0.303. The summed E-state index contributed by atoms with van der Waals surface area (Å²) in [5.74, 6) is -0.637. The van der Waals surface area contributed by atoms with Crippen LogP contribution in [0.5, 0.6) is 5.75 Å². The third-order valence-corrected chi connectivity index (χ3v) is 6.08. The number of carbonyl (C=O) groups excluding carboxylic acids is 1. The van der Waals surface area contributed by atoms with Crippen LogP contribution in [0, 0.1) is 5.92 Å². The average molecular weight is 395 g/mol. The van der Waals surface area contributed by atoms with Crippen LogP contribution in [0.25, 0.3) is 11.0 Å². The first-order valence-electron chi connectivity index (χ1n) is 9.90. The van der Waals surface area contributed by atoms with Crippen LogP contribution in [0.4, 0.5) is 5.69 Å². The van der Waals surface area contributed by atoms with Crippen LogP contribution in [0.3, 0.4) is 0 Å². The van der Waals surface area contributed by atoms with Gasteiger partial charge in [-0.15, -0.1) is 0 Å². The number of carbonyl (C=O) groups is 1. The zero-order chi connectivity index (χ0) is 20.2. The van der Waals surface area contributed by atoms with E-state index < -0.39 is 11.5 Å².